The molecule has 0 unspecified atom stereocenters. The molecule has 1 heterocycles. The van der Waals surface area contributed by atoms with Crippen molar-refractivity contribution in [3.63, 3.8) is 0 Å². The highest BCUT2D eigenvalue weighted by atomic mass is 79.9. The van der Waals surface area contributed by atoms with Crippen LogP contribution in [0.15, 0.2) is 47.1 Å². The van der Waals surface area contributed by atoms with Crippen molar-refractivity contribution in [1.29, 1.82) is 0 Å². The van der Waals surface area contributed by atoms with Gasteiger partial charge in [-0.1, -0.05) is 23.7 Å². The molecule has 0 radical (unpaired) electrons. The first-order valence-electron chi connectivity index (χ1n) is 5.84. The van der Waals surface area contributed by atoms with Crippen molar-refractivity contribution in [2.45, 2.75) is 0 Å². The van der Waals surface area contributed by atoms with Crippen molar-refractivity contribution in [1.82, 2.24) is 4.98 Å². The molecule has 0 atom stereocenters. The molecule has 3 aromatic rings. The van der Waals surface area contributed by atoms with Gasteiger partial charge in [-0.25, -0.2) is 4.39 Å². The van der Waals surface area contributed by atoms with E-state index in [0.717, 1.165) is 0 Å². The Bertz CT molecular complexity index is 828. The number of H-pyrrole nitrogens is 1. The second-order valence-electron chi connectivity index (χ2n) is 4.30. The number of ketones is 1. The van der Waals surface area contributed by atoms with Gasteiger partial charge in [0, 0.05) is 27.1 Å². The van der Waals surface area contributed by atoms with Gasteiger partial charge in [-0.3, -0.25) is 4.79 Å². The van der Waals surface area contributed by atoms with Crippen LogP contribution >= 0.6 is 27.5 Å². The highest BCUT2D eigenvalue weighted by Crippen LogP contribution is 2.30. The van der Waals surface area contributed by atoms with Gasteiger partial charge >= 0.3 is 0 Å². The summed E-state index contributed by atoms with van der Waals surface area (Å²) in [5, 5.41) is 0.608. The first-order chi connectivity index (χ1) is 9.59. The summed E-state index contributed by atoms with van der Waals surface area (Å²) >= 11 is 9.40. The van der Waals surface area contributed by atoms with E-state index >= 15 is 0 Å². The highest BCUT2D eigenvalue weighted by Gasteiger charge is 2.19. The topological polar surface area (TPSA) is 32.9 Å². The number of benzene rings is 2. The molecule has 100 valence electrons. The molecule has 20 heavy (non-hydrogen) atoms. The molecule has 0 fully saturated rings. The largest absolute Gasteiger partial charge is 0.360 e. The number of carbonyl (C=O) groups is 1. The Morgan fingerprint density at radius 1 is 1.15 bits per heavy atom. The molecule has 0 saturated carbocycles. The zero-order chi connectivity index (χ0) is 14.3. The Morgan fingerprint density at radius 3 is 2.70 bits per heavy atom. The van der Waals surface area contributed by atoms with Gasteiger partial charge in [-0.2, -0.15) is 0 Å². The quantitative estimate of drug-likeness (QED) is 0.650. The maximum atomic E-state index is 13.9. The van der Waals surface area contributed by atoms with Crippen molar-refractivity contribution in [2.24, 2.45) is 0 Å². The van der Waals surface area contributed by atoms with E-state index in [1.54, 1.807) is 30.3 Å². The van der Waals surface area contributed by atoms with Crippen LogP contribution in [0.2, 0.25) is 5.02 Å². The number of rotatable bonds is 2. The smallest absolute Gasteiger partial charge is 0.196 e. The summed E-state index contributed by atoms with van der Waals surface area (Å²) in [5.41, 5.74) is 1.20. The van der Waals surface area contributed by atoms with E-state index in [2.05, 4.69) is 20.9 Å². The van der Waals surface area contributed by atoms with Crippen LogP contribution in [0.3, 0.4) is 0 Å². The number of hydrogen-bond acceptors (Lipinski definition) is 1. The molecule has 1 aromatic heterocycles. The third-order valence-corrected chi connectivity index (χ3v) is 4.39. The average molecular weight is 353 g/mol. The SMILES string of the molecule is O=C(c1cccc(Br)c1Cl)c1c[nH]c2cccc(F)c12. The molecule has 2 aromatic carbocycles. The van der Waals surface area contributed by atoms with Crippen molar-refractivity contribution in [2.75, 3.05) is 0 Å². The van der Waals surface area contributed by atoms with E-state index in [9.17, 15) is 9.18 Å². The van der Waals surface area contributed by atoms with Crippen LogP contribution in [-0.4, -0.2) is 10.8 Å². The van der Waals surface area contributed by atoms with Gasteiger partial charge in [-0.15, -0.1) is 0 Å². The predicted molar refractivity (Wildman–Crippen MR) is 80.8 cm³/mol. The zero-order valence-corrected chi connectivity index (χ0v) is 12.4. The van der Waals surface area contributed by atoms with E-state index in [4.69, 9.17) is 11.6 Å². The van der Waals surface area contributed by atoms with Crippen molar-refractivity contribution < 1.29 is 9.18 Å². The van der Waals surface area contributed by atoms with Crippen LogP contribution in [0, 0.1) is 5.82 Å². The minimum Gasteiger partial charge on any atom is -0.360 e. The van der Waals surface area contributed by atoms with Crippen molar-refractivity contribution >= 4 is 44.2 Å². The molecule has 0 spiro atoms. The molecular formula is C15H8BrClFNO. The van der Waals surface area contributed by atoms with Crippen LogP contribution in [0.25, 0.3) is 10.9 Å². The minimum absolute atomic E-state index is 0.276. The summed E-state index contributed by atoms with van der Waals surface area (Å²) in [7, 11) is 0. The summed E-state index contributed by atoms with van der Waals surface area (Å²) in [4.78, 5) is 15.5. The maximum absolute atomic E-state index is 13.9. The predicted octanol–water partition coefficient (Wildman–Crippen LogP) is 4.95. The Balaban J connectivity index is 2.21. The molecule has 0 bridgehead atoms. The lowest BCUT2D eigenvalue weighted by molar-refractivity contribution is 0.104. The summed E-state index contributed by atoms with van der Waals surface area (Å²) in [6.07, 6.45) is 1.51. The molecule has 0 aliphatic rings. The second kappa shape index (κ2) is 5.04. The third-order valence-electron chi connectivity index (χ3n) is 3.10. The van der Waals surface area contributed by atoms with Gasteiger partial charge in [-0.05, 0) is 40.2 Å². The summed E-state index contributed by atoms with van der Waals surface area (Å²) < 4.78 is 14.6. The van der Waals surface area contributed by atoms with E-state index < -0.39 is 5.82 Å². The Kier molecular flexibility index (Phi) is 3.36. The molecule has 0 amide bonds. The Hall–Kier alpha value is -1.65. The van der Waals surface area contributed by atoms with Crippen LogP contribution in [0.1, 0.15) is 15.9 Å². The molecule has 3 rings (SSSR count). The molecule has 1 N–H and O–H groups in total. The summed E-state index contributed by atoms with van der Waals surface area (Å²) in [6.45, 7) is 0. The van der Waals surface area contributed by atoms with E-state index in [0.29, 0.717) is 20.6 Å². The molecule has 0 saturated heterocycles. The number of aromatic amines is 1. The standard InChI is InChI=1S/C15H8BrClFNO/c16-10-4-1-3-8(14(10)17)15(20)9-7-19-12-6-2-5-11(18)13(9)12/h1-7,19H. The van der Waals surface area contributed by atoms with Crippen molar-refractivity contribution in [3.8, 4) is 0 Å². The zero-order valence-electron chi connectivity index (χ0n) is 10.1. The van der Waals surface area contributed by atoms with Gasteiger partial charge in [0.05, 0.1) is 10.6 Å². The van der Waals surface area contributed by atoms with Gasteiger partial charge < -0.3 is 4.98 Å². The average Bonchev–Trinajstić information content (AvgIpc) is 2.86. The lowest BCUT2D eigenvalue weighted by Crippen LogP contribution is -2.02. The number of carbonyl (C=O) groups excluding carboxylic acids is 1. The highest BCUT2D eigenvalue weighted by molar-refractivity contribution is 9.10. The van der Waals surface area contributed by atoms with E-state index in [1.165, 1.54) is 12.3 Å². The molecule has 0 aliphatic carbocycles. The number of aromatic nitrogens is 1. The van der Waals surface area contributed by atoms with Gasteiger partial charge in [0.1, 0.15) is 5.82 Å². The minimum atomic E-state index is -0.432. The van der Waals surface area contributed by atoms with Crippen LogP contribution in [-0.2, 0) is 0 Å². The van der Waals surface area contributed by atoms with E-state index in [1.807, 2.05) is 0 Å². The monoisotopic (exact) mass is 351 g/mol. The number of halogens is 3. The number of fused-ring (bicyclic) bond motifs is 1. The Morgan fingerprint density at radius 2 is 1.90 bits per heavy atom. The first-order valence-corrected chi connectivity index (χ1v) is 7.01. The normalized spacial score (nSPS) is 10.9. The lowest BCUT2D eigenvalue weighted by Gasteiger charge is -2.04. The molecule has 2 nitrogen and oxygen atoms in total. The molecular weight excluding hydrogens is 345 g/mol. The molecule has 0 aliphatic heterocycles. The maximum Gasteiger partial charge on any atom is 0.196 e. The number of nitrogens with one attached hydrogen (secondary N) is 1. The van der Waals surface area contributed by atoms with Gasteiger partial charge in [0.15, 0.2) is 5.78 Å². The fraction of sp³-hybridized carbons (Fsp3) is 0. The fourth-order valence-corrected chi connectivity index (χ4v) is 2.72. The fourth-order valence-electron chi connectivity index (χ4n) is 2.14. The first kappa shape index (κ1) is 13.3. The number of hydrogen-bond donors (Lipinski definition) is 1. The lowest BCUT2D eigenvalue weighted by atomic mass is 10.0. The van der Waals surface area contributed by atoms with Crippen molar-refractivity contribution in [3.05, 3.63) is 69.0 Å². The van der Waals surface area contributed by atoms with Gasteiger partial charge in [0.2, 0.25) is 0 Å². The third kappa shape index (κ3) is 2.05. The molecule has 5 heteroatoms. The van der Waals surface area contributed by atoms with Crippen LogP contribution in [0.5, 0.6) is 0 Å². The van der Waals surface area contributed by atoms with E-state index in [-0.39, 0.29) is 16.7 Å². The van der Waals surface area contributed by atoms with Crippen LogP contribution in [0.4, 0.5) is 4.39 Å². The van der Waals surface area contributed by atoms with Gasteiger partial charge in [0.25, 0.3) is 0 Å². The summed E-state index contributed by atoms with van der Waals surface area (Å²) in [5.74, 6) is -0.745. The Labute approximate surface area is 127 Å². The second-order valence-corrected chi connectivity index (χ2v) is 5.53. The van der Waals surface area contributed by atoms with Crippen LogP contribution < -0.4 is 0 Å². The summed E-state index contributed by atoms with van der Waals surface area (Å²) in [6, 6.07) is 9.72.